The number of nitrogens with zero attached hydrogens (tertiary/aromatic N) is 6. The lowest BCUT2D eigenvalue weighted by molar-refractivity contribution is -0.117. The van der Waals surface area contributed by atoms with Crippen molar-refractivity contribution in [1.82, 2.24) is 45.4 Å². The summed E-state index contributed by atoms with van der Waals surface area (Å²) in [5.74, 6) is 1.03. The third-order valence-corrected chi connectivity index (χ3v) is 7.24. The number of aromatic nitrogens is 8. The van der Waals surface area contributed by atoms with Crippen molar-refractivity contribution in [2.75, 3.05) is 18.4 Å². The molecule has 40 heavy (non-hydrogen) atoms. The van der Waals surface area contributed by atoms with Crippen LogP contribution >= 0.6 is 0 Å². The van der Waals surface area contributed by atoms with Gasteiger partial charge in [-0.25, -0.2) is 9.97 Å². The molecule has 0 aromatic carbocycles. The van der Waals surface area contributed by atoms with Gasteiger partial charge >= 0.3 is 0 Å². The van der Waals surface area contributed by atoms with Crippen molar-refractivity contribution in [3.8, 4) is 34.0 Å². The molecule has 11 heteroatoms. The molecule has 7 rings (SSSR count). The Morgan fingerprint density at radius 3 is 2.73 bits per heavy atom. The number of anilines is 1. The standard InChI is InChI=1S/C29H26N10O/c40-24(11-17-4-8-30-9-5-17)35-20-12-18(14-31-16-20)19-13-21-25(38-39-28(21)34-15-19)29-36-23-6-10-33-26(27(23)37-29)22-3-1-2-7-32-22/h1-3,6-7,10,12-17,30H,4-5,8-9,11H2,(H,35,40)(H,36,37)(H,34,38,39). The summed E-state index contributed by atoms with van der Waals surface area (Å²) >= 11 is 0. The van der Waals surface area contributed by atoms with Crippen LogP contribution in [0.5, 0.6) is 0 Å². The summed E-state index contributed by atoms with van der Waals surface area (Å²) in [5, 5.41) is 14.7. The predicted molar refractivity (Wildman–Crippen MR) is 152 cm³/mol. The first kappa shape index (κ1) is 24.0. The van der Waals surface area contributed by atoms with Crippen LogP contribution in [-0.4, -0.2) is 59.1 Å². The van der Waals surface area contributed by atoms with Crippen molar-refractivity contribution in [1.29, 1.82) is 0 Å². The lowest BCUT2D eigenvalue weighted by Gasteiger charge is -2.21. The lowest BCUT2D eigenvalue weighted by Crippen LogP contribution is -2.30. The quantitative estimate of drug-likeness (QED) is 0.248. The topological polar surface area (TPSA) is 150 Å². The number of pyridine rings is 4. The molecule has 1 fully saturated rings. The van der Waals surface area contributed by atoms with E-state index in [2.05, 4.69) is 45.8 Å². The van der Waals surface area contributed by atoms with Crippen LogP contribution in [-0.2, 0) is 4.79 Å². The molecule has 0 aliphatic carbocycles. The molecule has 0 unspecified atom stereocenters. The highest BCUT2D eigenvalue weighted by atomic mass is 16.1. The number of hydrogen-bond donors (Lipinski definition) is 4. The molecule has 1 amide bonds. The zero-order valence-corrected chi connectivity index (χ0v) is 21.6. The number of H-pyrrole nitrogens is 2. The van der Waals surface area contributed by atoms with Crippen LogP contribution in [0, 0.1) is 5.92 Å². The van der Waals surface area contributed by atoms with Gasteiger partial charge in [-0.2, -0.15) is 5.10 Å². The Kier molecular flexibility index (Phi) is 6.17. The fraction of sp³-hybridized carbons (Fsp3) is 0.207. The number of imidazole rings is 1. The van der Waals surface area contributed by atoms with Crippen molar-refractivity contribution in [2.24, 2.45) is 5.92 Å². The summed E-state index contributed by atoms with van der Waals surface area (Å²) in [4.78, 5) is 38.8. The van der Waals surface area contributed by atoms with Crippen LogP contribution < -0.4 is 10.6 Å². The Labute approximate surface area is 228 Å². The Balaban J connectivity index is 1.19. The van der Waals surface area contributed by atoms with Crippen molar-refractivity contribution >= 4 is 33.7 Å². The lowest BCUT2D eigenvalue weighted by atomic mass is 9.94. The molecular formula is C29H26N10O. The molecule has 11 nitrogen and oxygen atoms in total. The van der Waals surface area contributed by atoms with E-state index in [1.54, 1.807) is 31.0 Å². The van der Waals surface area contributed by atoms with E-state index in [1.807, 2.05) is 36.4 Å². The van der Waals surface area contributed by atoms with Crippen molar-refractivity contribution in [3.63, 3.8) is 0 Å². The average Bonchev–Trinajstić information content (AvgIpc) is 3.62. The predicted octanol–water partition coefficient (Wildman–Crippen LogP) is 4.35. The van der Waals surface area contributed by atoms with Gasteiger partial charge < -0.3 is 15.6 Å². The van der Waals surface area contributed by atoms with Crippen molar-refractivity contribution < 1.29 is 4.79 Å². The van der Waals surface area contributed by atoms with E-state index >= 15 is 0 Å². The smallest absolute Gasteiger partial charge is 0.224 e. The van der Waals surface area contributed by atoms with Crippen molar-refractivity contribution in [2.45, 2.75) is 19.3 Å². The third-order valence-electron chi connectivity index (χ3n) is 7.24. The molecule has 0 saturated carbocycles. The number of aromatic amines is 2. The van der Waals surface area contributed by atoms with Crippen LogP contribution in [0.3, 0.4) is 0 Å². The normalized spacial score (nSPS) is 14.1. The van der Waals surface area contributed by atoms with Gasteiger partial charge in [0.2, 0.25) is 5.91 Å². The molecule has 4 N–H and O–H groups in total. The first-order chi connectivity index (χ1) is 19.7. The summed E-state index contributed by atoms with van der Waals surface area (Å²) in [6.45, 7) is 1.94. The summed E-state index contributed by atoms with van der Waals surface area (Å²) in [7, 11) is 0. The van der Waals surface area contributed by atoms with E-state index in [0.29, 0.717) is 46.4 Å². The van der Waals surface area contributed by atoms with Gasteiger partial charge in [-0.15, -0.1) is 0 Å². The molecule has 6 aromatic heterocycles. The average molecular weight is 531 g/mol. The second-order valence-electron chi connectivity index (χ2n) is 9.96. The van der Waals surface area contributed by atoms with Gasteiger partial charge in [0.25, 0.3) is 0 Å². The molecule has 0 atom stereocenters. The Morgan fingerprint density at radius 1 is 0.950 bits per heavy atom. The highest BCUT2D eigenvalue weighted by Crippen LogP contribution is 2.31. The maximum absolute atomic E-state index is 12.7. The Hall–Kier alpha value is -5.03. The van der Waals surface area contributed by atoms with Crippen LogP contribution in [0.2, 0.25) is 0 Å². The fourth-order valence-electron chi connectivity index (χ4n) is 5.21. The zero-order valence-electron chi connectivity index (χ0n) is 21.6. The highest BCUT2D eigenvalue weighted by Gasteiger charge is 2.19. The van der Waals surface area contributed by atoms with Gasteiger partial charge in [-0.05, 0) is 62.2 Å². The second-order valence-corrected chi connectivity index (χ2v) is 9.96. The minimum Gasteiger partial charge on any atom is -0.336 e. The molecule has 7 heterocycles. The monoisotopic (exact) mass is 530 g/mol. The SMILES string of the molecule is O=C(CC1CCNCC1)Nc1cncc(-c2cnc3[nH]nc(-c4nc5c(-c6ccccn6)nccc5[nH]4)c3c2)c1. The molecule has 6 aromatic rings. The first-order valence-electron chi connectivity index (χ1n) is 13.3. The number of piperidine rings is 1. The Bertz CT molecular complexity index is 1820. The van der Waals surface area contributed by atoms with Crippen molar-refractivity contribution in [3.05, 3.63) is 67.4 Å². The van der Waals surface area contributed by atoms with E-state index in [9.17, 15) is 4.79 Å². The van der Waals surface area contributed by atoms with Crippen LogP contribution in [0.15, 0.2) is 67.4 Å². The van der Waals surface area contributed by atoms with E-state index in [1.165, 1.54) is 0 Å². The van der Waals surface area contributed by atoms with Gasteiger partial charge in [0, 0.05) is 42.3 Å². The fourth-order valence-corrected chi connectivity index (χ4v) is 5.21. The molecule has 198 valence electrons. The van der Waals surface area contributed by atoms with Gasteiger partial charge in [0.1, 0.15) is 16.9 Å². The summed E-state index contributed by atoms with van der Waals surface area (Å²) in [6.07, 6.45) is 11.2. The molecule has 0 bridgehead atoms. The highest BCUT2D eigenvalue weighted by molar-refractivity contribution is 5.96. The molecular weight excluding hydrogens is 504 g/mol. The third kappa shape index (κ3) is 4.67. The van der Waals surface area contributed by atoms with E-state index in [4.69, 9.17) is 4.98 Å². The molecule has 0 radical (unpaired) electrons. The zero-order chi connectivity index (χ0) is 26.9. The first-order valence-corrected chi connectivity index (χ1v) is 13.3. The van der Waals surface area contributed by atoms with E-state index in [0.717, 1.165) is 53.7 Å². The van der Waals surface area contributed by atoms with Gasteiger partial charge in [-0.1, -0.05) is 6.07 Å². The number of carbonyl (C=O) groups excluding carboxylic acids is 1. The number of rotatable bonds is 6. The Morgan fingerprint density at radius 2 is 1.85 bits per heavy atom. The minimum atomic E-state index is 0.0148. The molecule has 0 spiro atoms. The molecule has 1 aliphatic rings. The number of hydrogen-bond acceptors (Lipinski definition) is 8. The van der Waals surface area contributed by atoms with Crippen LogP contribution in [0.1, 0.15) is 19.3 Å². The number of fused-ring (bicyclic) bond motifs is 2. The largest absolute Gasteiger partial charge is 0.336 e. The maximum atomic E-state index is 12.7. The number of amides is 1. The number of nitrogens with one attached hydrogen (secondary N) is 4. The minimum absolute atomic E-state index is 0.0148. The molecule has 1 aliphatic heterocycles. The summed E-state index contributed by atoms with van der Waals surface area (Å²) in [6, 6.07) is 11.5. The van der Waals surface area contributed by atoms with Gasteiger partial charge in [-0.3, -0.25) is 24.8 Å². The van der Waals surface area contributed by atoms with E-state index in [-0.39, 0.29) is 5.91 Å². The van der Waals surface area contributed by atoms with Gasteiger partial charge in [0.15, 0.2) is 11.5 Å². The summed E-state index contributed by atoms with van der Waals surface area (Å²) in [5.41, 5.74) is 6.64. The summed E-state index contributed by atoms with van der Waals surface area (Å²) < 4.78 is 0. The maximum Gasteiger partial charge on any atom is 0.224 e. The molecule has 1 saturated heterocycles. The van der Waals surface area contributed by atoms with Crippen LogP contribution in [0.25, 0.3) is 56.1 Å². The van der Waals surface area contributed by atoms with Crippen LogP contribution in [0.4, 0.5) is 5.69 Å². The second kappa shape index (κ2) is 10.3. The van der Waals surface area contributed by atoms with Gasteiger partial charge in [0.05, 0.1) is 28.5 Å². The van der Waals surface area contributed by atoms with E-state index < -0.39 is 0 Å². The number of carbonyl (C=O) groups is 1.